The third kappa shape index (κ3) is 3.98. The van der Waals surface area contributed by atoms with Crippen molar-refractivity contribution in [3.8, 4) is 39.3 Å². The van der Waals surface area contributed by atoms with Crippen molar-refractivity contribution >= 4 is 54.1 Å². The van der Waals surface area contributed by atoms with E-state index < -0.39 is 0 Å². The highest BCUT2D eigenvalue weighted by Gasteiger charge is 2.36. The number of para-hydroxylation sites is 3. The zero-order chi connectivity index (χ0) is 34.6. The molecule has 0 aliphatic heterocycles. The molecule has 1 aliphatic carbocycles. The lowest BCUT2D eigenvalue weighted by atomic mass is 9.79. The van der Waals surface area contributed by atoms with Crippen LogP contribution in [-0.2, 0) is 5.41 Å². The Balaban J connectivity index is 1.38. The second-order valence-corrected chi connectivity index (χ2v) is 14.7. The van der Waals surface area contributed by atoms with Gasteiger partial charge in [0.15, 0.2) is 0 Å². The average Bonchev–Trinajstić information content (AvgIpc) is 3.68. The van der Waals surface area contributed by atoms with E-state index in [1.54, 1.807) is 0 Å². The Labute approximate surface area is 302 Å². The number of rotatable bonds is 3. The molecule has 2 heteroatoms. The summed E-state index contributed by atoms with van der Waals surface area (Å²) in [6.07, 6.45) is 0. The van der Waals surface area contributed by atoms with Crippen LogP contribution in [0, 0.1) is 0 Å². The van der Waals surface area contributed by atoms with Gasteiger partial charge >= 0.3 is 0 Å². The third-order valence-electron chi connectivity index (χ3n) is 11.6. The zero-order valence-electron chi connectivity index (χ0n) is 29.1. The van der Waals surface area contributed by atoms with Crippen LogP contribution in [0.25, 0.3) is 93.5 Å². The van der Waals surface area contributed by atoms with E-state index in [1.807, 2.05) is 0 Å². The molecular weight excluding hydrogens is 629 g/mol. The van der Waals surface area contributed by atoms with E-state index in [-0.39, 0.29) is 5.41 Å². The normalized spacial score (nSPS) is 13.3. The molecule has 0 radical (unpaired) electrons. The Kier molecular flexibility index (Phi) is 6.04. The van der Waals surface area contributed by atoms with Crippen molar-refractivity contribution in [3.63, 3.8) is 0 Å². The van der Waals surface area contributed by atoms with E-state index in [1.165, 1.54) is 76.5 Å². The minimum Gasteiger partial charge on any atom is -0.292 e. The van der Waals surface area contributed by atoms with Crippen LogP contribution in [0.5, 0.6) is 0 Å². The predicted molar refractivity (Wildman–Crippen MR) is 220 cm³/mol. The van der Waals surface area contributed by atoms with Gasteiger partial charge < -0.3 is 0 Å². The summed E-state index contributed by atoms with van der Waals surface area (Å²) in [5, 5.41) is 9.94. The molecular formula is C50H34N2. The molecule has 0 amide bonds. The van der Waals surface area contributed by atoms with E-state index in [0.717, 1.165) is 28.1 Å². The van der Waals surface area contributed by atoms with Crippen LogP contribution in [0.2, 0.25) is 0 Å². The molecule has 11 rings (SSSR count). The van der Waals surface area contributed by atoms with Crippen molar-refractivity contribution in [2.24, 2.45) is 0 Å². The summed E-state index contributed by atoms with van der Waals surface area (Å²) in [6.45, 7) is 4.75. The molecule has 0 fully saturated rings. The molecule has 0 unspecified atom stereocenters. The van der Waals surface area contributed by atoms with Crippen LogP contribution in [0.4, 0.5) is 0 Å². The monoisotopic (exact) mass is 662 g/mol. The van der Waals surface area contributed by atoms with E-state index in [2.05, 4.69) is 188 Å². The fourth-order valence-electron chi connectivity index (χ4n) is 9.19. The van der Waals surface area contributed by atoms with Gasteiger partial charge in [-0.25, -0.2) is 4.98 Å². The molecule has 244 valence electrons. The Hall–Kier alpha value is -6.51. The molecule has 0 atom stereocenters. The van der Waals surface area contributed by atoms with E-state index in [0.29, 0.717) is 0 Å². The van der Waals surface area contributed by atoms with Crippen LogP contribution < -0.4 is 0 Å². The number of fused-ring (bicyclic) bond motifs is 9. The van der Waals surface area contributed by atoms with Gasteiger partial charge in [-0.3, -0.25) is 4.57 Å². The summed E-state index contributed by atoms with van der Waals surface area (Å²) < 4.78 is 2.36. The van der Waals surface area contributed by atoms with Gasteiger partial charge in [0.05, 0.1) is 11.0 Å². The molecule has 0 N–H and O–H groups in total. The predicted octanol–water partition coefficient (Wildman–Crippen LogP) is 13.3. The SMILES string of the molecule is CC1(C)c2ccccc2-c2cc3c(-c4cc5ccccc5c5ccccc45)c4ccccc4c(-c4nc5ccccc5n4-c4ccccc4)c3cc21. The first-order chi connectivity index (χ1) is 25.6. The van der Waals surface area contributed by atoms with Crippen molar-refractivity contribution in [1.29, 1.82) is 0 Å². The molecule has 2 nitrogen and oxygen atoms in total. The van der Waals surface area contributed by atoms with Gasteiger partial charge in [-0.05, 0) is 119 Å². The summed E-state index contributed by atoms with van der Waals surface area (Å²) in [7, 11) is 0. The fraction of sp³-hybridized carbons (Fsp3) is 0.0600. The summed E-state index contributed by atoms with van der Waals surface area (Å²) in [5.74, 6) is 0.955. The van der Waals surface area contributed by atoms with Crippen LogP contribution in [-0.4, -0.2) is 9.55 Å². The smallest absolute Gasteiger partial charge is 0.146 e. The highest BCUT2D eigenvalue weighted by atomic mass is 15.1. The number of nitrogens with zero attached hydrogens (tertiary/aromatic N) is 2. The fourth-order valence-corrected chi connectivity index (χ4v) is 9.19. The van der Waals surface area contributed by atoms with Gasteiger partial charge in [0.1, 0.15) is 5.82 Å². The largest absolute Gasteiger partial charge is 0.292 e. The summed E-state index contributed by atoms with van der Waals surface area (Å²) in [6, 6.07) is 62.3. The number of hydrogen-bond acceptors (Lipinski definition) is 1. The maximum atomic E-state index is 5.49. The molecule has 1 aromatic heterocycles. The van der Waals surface area contributed by atoms with Crippen molar-refractivity contribution < 1.29 is 0 Å². The Morgan fingerprint density at radius 1 is 0.423 bits per heavy atom. The van der Waals surface area contributed by atoms with Crippen LogP contribution in [0.1, 0.15) is 25.0 Å². The Morgan fingerprint density at radius 2 is 1.04 bits per heavy atom. The molecule has 0 bridgehead atoms. The first-order valence-electron chi connectivity index (χ1n) is 18.1. The molecule has 0 spiro atoms. The van der Waals surface area contributed by atoms with Gasteiger partial charge in [0, 0.05) is 16.7 Å². The average molecular weight is 663 g/mol. The van der Waals surface area contributed by atoms with Gasteiger partial charge in [-0.2, -0.15) is 0 Å². The molecule has 0 saturated carbocycles. The third-order valence-corrected chi connectivity index (χ3v) is 11.6. The highest BCUT2D eigenvalue weighted by Crippen LogP contribution is 2.54. The minimum atomic E-state index is -0.154. The lowest BCUT2D eigenvalue weighted by Gasteiger charge is -2.24. The molecule has 10 aromatic rings. The second kappa shape index (κ2) is 10.7. The highest BCUT2D eigenvalue weighted by molar-refractivity contribution is 6.26. The summed E-state index contributed by atoms with van der Waals surface area (Å²) in [4.78, 5) is 5.49. The molecule has 9 aromatic carbocycles. The number of benzene rings is 9. The number of aromatic nitrogens is 2. The van der Waals surface area contributed by atoms with Crippen LogP contribution in [0.3, 0.4) is 0 Å². The van der Waals surface area contributed by atoms with Gasteiger partial charge in [-0.15, -0.1) is 0 Å². The van der Waals surface area contributed by atoms with E-state index in [9.17, 15) is 0 Å². The quantitative estimate of drug-likeness (QED) is 0.136. The van der Waals surface area contributed by atoms with Crippen molar-refractivity contribution in [3.05, 3.63) is 181 Å². The van der Waals surface area contributed by atoms with Gasteiger partial charge in [0.25, 0.3) is 0 Å². The van der Waals surface area contributed by atoms with Crippen molar-refractivity contribution in [2.45, 2.75) is 19.3 Å². The van der Waals surface area contributed by atoms with Gasteiger partial charge in [0.2, 0.25) is 0 Å². The van der Waals surface area contributed by atoms with Crippen LogP contribution in [0.15, 0.2) is 170 Å². The van der Waals surface area contributed by atoms with E-state index in [4.69, 9.17) is 4.98 Å². The Morgan fingerprint density at radius 3 is 1.87 bits per heavy atom. The van der Waals surface area contributed by atoms with Gasteiger partial charge in [-0.1, -0.05) is 141 Å². The number of imidazole rings is 1. The topological polar surface area (TPSA) is 17.8 Å². The molecule has 1 aliphatic rings. The minimum absolute atomic E-state index is 0.154. The molecule has 52 heavy (non-hydrogen) atoms. The first-order valence-corrected chi connectivity index (χ1v) is 18.1. The summed E-state index contributed by atoms with van der Waals surface area (Å²) >= 11 is 0. The second-order valence-electron chi connectivity index (χ2n) is 14.7. The molecule has 1 heterocycles. The van der Waals surface area contributed by atoms with Crippen molar-refractivity contribution in [1.82, 2.24) is 9.55 Å². The maximum absolute atomic E-state index is 5.49. The zero-order valence-corrected chi connectivity index (χ0v) is 29.1. The lowest BCUT2D eigenvalue weighted by Crippen LogP contribution is -2.15. The Bertz CT molecular complexity index is 3090. The maximum Gasteiger partial charge on any atom is 0.146 e. The standard InChI is InChI=1S/C50H34N2/c1-50(2)43-25-13-12-22-36(43)39-29-41-42(30-44(39)50)48(49-51-45-26-14-15-27-46(45)52(49)32-17-4-3-5-18-32)38-24-11-10-23-37(38)47(41)40-28-31-16-6-7-19-33(31)34-20-8-9-21-35(34)40/h3-30H,1-2H3. The van der Waals surface area contributed by atoms with Crippen molar-refractivity contribution in [2.75, 3.05) is 0 Å². The van der Waals surface area contributed by atoms with E-state index >= 15 is 0 Å². The first kappa shape index (κ1) is 29.2. The lowest BCUT2D eigenvalue weighted by molar-refractivity contribution is 0.661. The molecule has 0 saturated heterocycles. The number of hydrogen-bond donors (Lipinski definition) is 0. The van der Waals surface area contributed by atoms with Crippen LogP contribution >= 0.6 is 0 Å². The summed E-state index contributed by atoms with van der Waals surface area (Å²) in [5.41, 5.74) is 12.1.